The standard InChI is InChI=1S/C18H31N3O3S/c1-12-13(2)15(4)18(16(5)14(12)3)25(23,24)20-9-8-17(22)21(7)11-10-19-6/h19-20H,8-11H2,1-7H3. The largest absolute Gasteiger partial charge is 0.344 e. The van der Waals surface area contributed by atoms with Crippen molar-refractivity contribution >= 4 is 15.9 Å². The van der Waals surface area contributed by atoms with E-state index in [1.54, 1.807) is 11.9 Å². The maximum atomic E-state index is 12.8. The number of hydrogen-bond donors (Lipinski definition) is 2. The summed E-state index contributed by atoms with van der Waals surface area (Å²) in [6.07, 6.45) is 0.140. The number of likely N-dealkylation sites (N-methyl/N-ethyl adjacent to an activating group) is 2. The number of benzene rings is 1. The molecule has 0 aliphatic heterocycles. The summed E-state index contributed by atoms with van der Waals surface area (Å²) in [7, 11) is -0.115. The molecule has 1 aromatic carbocycles. The van der Waals surface area contributed by atoms with Crippen LogP contribution in [0.3, 0.4) is 0 Å². The van der Waals surface area contributed by atoms with E-state index < -0.39 is 10.0 Å². The first kappa shape index (κ1) is 21.6. The molecule has 0 heterocycles. The van der Waals surface area contributed by atoms with Crippen LogP contribution in [-0.2, 0) is 14.8 Å². The van der Waals surface area contributed by atoms with Gasteiger partial charge in [0.2, 0.25) is 15.9 Å². The Morgan fingerprint density at radius 2 is 1.40 bits per heavy atom. The number of nitrogens with zero attached hydrogens (tertiary/aromatic N) is 1. The molecule has 0 aliphatic rings. The van der Waals surface area contributed by atoms with Gasteiger partial charge in [0.1, 0.15) is 0 Å². The Morgan fingerprint density at radius 1 is 0.920 bits per heavy atom. The van der Waals surface area contributed by atoms with Gasteiger partial charge in [-0.15, -0.1) is 0 Å². The van der Waals surface area contributed by atoms with E-state index >= 15 is 0 Å². The second-order valence-electron chi connectivity index (χ2n) is 6.52. The monoisotopic (exact) mass is 369 g/mol. The lowest BCUT2D eigenvalue weighted by Gasteiger charge is -2.20. The van der Waals surface area contributed by atoms with Crippen molar-refractivity contribution in [3.05, 3.63) is 27.8 Å². The summed E-state index contributed by atoms with van der Waals surface area (Å²) in [5.41, 5.74) is 4.64. The van der Waals surface area contributed by atoms with Crippen molar-refractivity contribution in [3.63, 3.8) is 0 Å². The summed E-state index contributed by atoms with van der Waals surface area (Å²) < 4.78 is 28.1. The fourth-order valence-electron chi connectivity index (χ4n) is 2.83. The van der Waals surface area contributed by atoms with Crippen LogP contribution in [-0.4, -0.2) is 53.0 Å². The second kappa shape index (κ2) is 8.78. The van der Waals surface area contributed by atoms with Crippen molar-refractivity contribution in [2.45, 2.75) is 45.9 Å². The van der Waals surface area contributed by atoms with Gasteiger partial charge < -0.3 is 10.2 Å². The van der Waals surface area contributed by atoms with E-state index in [4.69, 9.17) is 0 Å². The Bertz CT molecular complexity index is 713. The Hall–Kier alpha value is -1.44. The van der Waals surface area contributed by atoms with Crippen molar-refractivity contribution in [3.8, 4) is 0 Å². The molecule has 0 fully saturated rings. The fourth-order valence-corrected chi connectivity index (χ4v) is 4.46. The number of hydrogen-bond acceptors (Lipinski definition) is 4. The van der Waals surface area contributed by atoms with Crippen molar-refractivity contribution in [1.82, 2.24) is 14.9 Å². The van der Waals surface area contributed by atoms with E-state index in [9.17, 15) is 13.2 Å². The fraction of sp³-hybridized carbons (Fsp3) is 0.611. The van der Waals surface area contributed by atoms with Crippen LogP contribution in [0.15, 0.2) is 4.90 Å². The molecule has 0 unspecified atom stereocenters. The lowest BCUT2D eigenvalue weighted by molar-refractivity contribution is -0.129. The zero-order valence-corrected chi connectivity index (χ0v) is 17.2. The van der Waals surface area contributed by atoms with Crippen LogP contribution in [0.2, 0.25) is 0 Å². The molecule has 0 aliphatic carbocycles. The Kier molecular flexibility index (Phi) is 7.59. The van der Waals surface area contributed by atoms with Crippen LogP contribution in [0.1, 0.15) is 34.2 Å². The summed E-state index contributed by atoms with van der Waals surface area (Å²) in [4.78, 5) is 14.0. The summed E-state index contributed by atoms with van der Waals surface area (Å²) in [6, 6.07) is 0. The van der Waals surface area contributed by atoms with Crippen molar-refractivity contribution in [2.24, 2.45) is 0 Å². The van der Waals surface area contributed by atoms with Gasteiger partial charge in [-0.05, 0) is 69.5 Å². The zero-order chi connectivity index (χ0) is 19.4. The number of carbonyl (C=O) groups excluding carboxylic acids is 1. The third-order valence-electron chi connectivity index (χ3n) is 4.95. The first-order valence-corrected chi connectivity index (χ1v) is 9.98. The predicted octanol–water partition coefficient (Wildman–Crippen LogP) is 1.57. The van der Waals surface area contributed by atoms with Crippen molar-refractivity contribution < 1.29 is 13.2 Å². The maximum Gasteiger partial charge on any atom is 0.241 e. The lowest BCUT2D eigenvalue weighted by Crippen LogP contribution is -2.35. The smallest absolute Gasteiger partial charge is 0.241 e. The van der Waals surface area contributed by atoms with Gasteiger partial charge in [0.25, 0.3) is 0 Å². The third kappa shape index (κ3) is 5.03. The molecule has 0 bridgehead atoms. The van der Waals surface area contributed by atoms with Crippen LogP contribution in [0, 0.1) is 34.6 Å². The minimum atomic E-state index is -3.65. The van der Waals surface area contributed by atoms with Crippen molar-refractivity contribution in [1.29, 1.82) is 0 Å². The van der Waals surface area contributed by atoms with Gasteiger partial charge in [0.15, 0.2) is 0 Å². The predicted molar refractivity (Wildman–Crippen MR) is 101 cm³/mol. The molecule has 6 nitrogen and oxygen atoms in total. The molecule has 1 aromatic rings. The SMILES string of the molecule is CNCCN(C)C(=O)CCNS(=O)(=O)c1c(C)c(C)c(C)c(C)c1C. The molecule has 0 saturated carbocycles. The number of sulfonamides is 1. The Morgan fingerprint density at radius 3 is 1.88 bits per heavy atom. The quantitative estimate of drug-likeness (QED) is 0.729. The van der Waals surface area contributed by atoms with E-state index in [1.165, 1.54) is 0 Å². The summed E-state index contributed by atoms with van der Waals surface area (Å²) >= 11 is 0. The number of amides is 1. The van der Waals surface area contributed by atoms with Gasteiger partial charge in [-0.1, -0.05) is 0 Å². The third-order valence-corrected chi connectivity index (χ3v) is 6.69. The summed E-state index contributed by atoms with van der Waals surface area (Å²) in [5, 5.41) is 2.98. The highest BCUT2D eigenvalue weighted by Crippen LogP contribution is 2.29. The Balaban J connectivity index is 2.89. The maximum absolute atomic E-state index is 12.8. The molecule has 1 amide bonds. The average molecular weight is 370 g/mol. The molecule has 142 valence electrons. The van der Waals surface area contributed by atoms with E-state index in [2.05, 4.69) is 10.0 Å². The number of rotatable bonds is 8. The highest BCUT2D eigenvalue weighted by Gasteiger charge is 2.23. The lowest BCUT2D eigenvalue weighted by atomic mass is 9.95. The van der Waals surface area contributed by atoms with Gasteiger partial charge in [-0.2, -0.15) is 0 Å². The van der Waals surface area contributed by atoms with E-state index in [0.29, 0.717) is 18.0 Å². The molecule has 0 aromatic heterocycles. The van der Waals surface area contributed by atoms with Gasteiger partial charge in [-0.25, -0.2) is 13.1 Å². The van der Waals surface area contributed by atoms with Crippen LogP contribution in [0.5, 0.6) is 0 Å². The Labute approximate surface area is 152 Å². The molecule has 0 spiro atoms. The molecular formula is C18H31N3O3S. The average Bonchev–Trinajstić information content (AvgIpc) is 2.55. The molecule has 0 saturated heterocycles. The molecule has 2 N–H and O–H groups in total. The number of carbonyl (C=O) groups is 1. The first-order valence-electron chi connectivity index (χ1n) is 8.49. The molecule has 7 heteroatoms. The topological polar surface area (TPSA) is 78.5 Å². The zero-order valence-electron chi connectivity index (χ0n) is 16.4. The van der Waals surface area contributed by atoms with Gasteiger partial charge in [-0.3, -0.25) is 4.79 Å². The first-order chi connectivity index (χ1) is 11.5. The molecule has 0 radical (unpaired) electrons. The van der Waals surface area contributed by atoms with E-state index in [0.717, 1.165) is 27.8 Å². The minimum absolute atomic E-state index is 0.0809. The van der Waals surface area contributed by atoms with Crippen LogP contribution in [0.4, 0.5) is 0 Å². The van der Waals surface area contributed by atoms with Gasteiger partial charge >= 0.3 is 0 Å². The van der Waals surface area contributed by atoms with Gasteiger partial charge in [0.05, 0.1) is 4.90 Å². The highest BCUT2D eigenvalue weighted by molar-refractivity contribution is 7.89. The summed E-state index contributed by atoms with van der Waals surface area (Å²) in [5.74, 6) is -0.0809. The highest BCUT2D eigenvalue weighted by atomic mass is 32.2. The summed E-state index contributed by atoms with van der Waals surface area (Å²) in [6.45, 7) is 10.9. The molecular weight excluding hydrogens is 338 g/mol. The van der Waals surface area contributed by atoms with E-state index in [-0.39, 0.29) is 18.9 Å². The van der Waals surface area contributed by atoms with E-state index in [1.807, 2.05) is 41.7 Å². The minimum Gasteiger partial charge on any atom is -0.344 e. The normalized spacial score (nSPS) is 11.6. The number of nitrogens with one attached hydrogen (secondary N) is 2. The molecule has 25 heavy (non-hydrogen) atoms. The van der Waals surface area contributed by atoms with Crippen LogP contribution >= 0.6 is 0 Å². The van der Waals surface area contributed by atoms with Crippen LogP contribution < -0.4 is 10.0 Å². The second-order valence-corrected chi connectivity index (χ2v) is 8.22. The molecule has 1 rings (SSSR count). The molecule has 0 atom stereocenters. The van der Waals surface area contributed by atoms with Gasteiger partial charge in [0, 0.05) is 33.1 Å². The van der Waals surface area contributed by atoms with Crippen molar-refractivity contribution in [2.75, 3.05) is 33.7 Å². The van der Waals surface area contributed by atoms with Crippen LogP contribution in [0.25, 0.3) is 0 Å².